The molecule has 4 nitrogen and oxygen atoms in total. The Labute approximate surface area is 98.7 Å². The largest absolute Gasteiger partial charge is 0.383 e. The van der Waals surface area contributed by atoms with E-state index in [1.54, 1.807) is 18.7 Å². The Morgan fingerprint density at radius 2 is 2.12 bits per heavy atom. The van der Waals surface area contributed by atoms with Gasteiger partial charge in [-0.1, -0.05) is 0 Å². The van der Waals surface area contributed by atoms with Gasteiger partial charge in [0.05, 0.1) is 11.9 Å². The Bertz CT molecular complexity index is 551. The van der Waals surface area contributed by atoms with Crippen LogP contribution in [0.5, 0.6) is 0 Å². The lowest BCUT2D eigenvalue weighted by molar-refractivity contribution is 0.213. The molecule has 0 bridgehead atoms. The van der Waals surface area contributed by atoms with Gasteiger partial charge in [-0.05, 0) is 19.9 Å². The second kappa shape index (κ2) is 4.25. The van der Waals surface area contributed by atoms with Gasteiger partial charge in [0.2, 0.25) is 0 Å². The number of halogens is 1. The Hall–Kier alpha value is -1.75. The summed E-state index contributed by atoms with van der Waals surface area (Å²) >= 11 is 0. The highest BCUT2D eigenvalue weighted by Crippen LogP contribution is 2.28. The maximum absolute atomic E-state index is 13.5. The summed E-state index contributed by atoms with van der Waals surface area (Å²) in [4.78, 5) is 3.66. The Morgan fingerprint density at radius 1 is 1.41 bits per heavy atom. The monoisotopic (exact) mass is 235 g/mol. The maximum Gasteiger partial charge on any atom is 0.147 e. The molecule has 1 atom stereocenters. The van der Waals surface area contributed by atoms with Crippen LogP contribution in [0.2, 0.25) is 0 Å². The molecule has 1 N–H and O–H groups in total. The molecule has 0 aliphatic heterocycles. The average molecular weight is 235 g/mol. The van der Waals surface area contributed by atoms with Crippen molar-refractivity contribution in [2.24, 2.45) is 7.05 Å². The summed E-state index contributed by atoms with van der Waals surface area (Å²) in [6.07, 6.45) is 1.55. The molecule has 5 heteroatoms. The van der Waals surface area contributed by atoms with Crippen LogP contribution in [0.15, 0.2) is 18.5 Å². The number of hydrogen-bond donors (Lipinski definition) is 1. The number of aryl methyl sites for hydroxylation is 2. The van der Waals surface area contributed by atoms with Crippen molar-refractivity contribution in [3.8, 4) is 0 Å². The molecule has 90 valence electrons. The fraction of sp³-hybridized carbons (Fsp3) is 0.333. The van der Waals surface area contributed by atoms with Gasteiger partial charge in [0.15, 0.2) is 0 Å². The van der Waals surface area contributed by atoms with Crippen molar-refractivity contribution in [1.82, 2.24) is 14.8 Å². The number of aliphatic hydroxyl groups excluding tert-OH is 1. The van der Waals surface area contributed by atoms with Crippen LogP contribution in [0, 0.1) is 19.7 Å². The summed E-state index contributed by atoms with van der Waals surface area (Å²) in [5.41, 5.74) is 2.40. The van der Waals surface area contributed by atoms with Crippen molar-refractivity contribution in [1.29, 1.82) is 0 Å². The zero-order valence-corrected chi connectivity index (χ0v) is 9.98. The maximum atomic E-state index is 13.5. The first-order valence-corrected chi connectivity index (χ1v) is 5.30. The summed E-state index contributed by atoms with van der Waals surface area (Å²) in [5.74, 6) is -0.511. The number of rotatable bonds is 2. The number of hydrogen-bond acceptors (Lipinski definition) is 3. The van der Waals surface area contributed by atoms with Crippen LogP contribution in [-0.2, 0) is 7.05 Å². The predicted molar refractivity (Wildman–Crippen MR) is 60.9 cm³/mol. The smallest absolute Gasteiger partial charge is 0.147 e. The molecule has 0 saturated heterocycles. The quantitative estimate of drug-likeness (QED) is 0.861. The van der Waals surface area contributed by atoms with E-state index in [4.69, 9.17) is 0 Å². The molecule has 1 unspecified atom stereocenters. The van der Waals surface area contributed by atoms with Gasteiger partial charge in [-0.15, -0.1) is 0 Å². The zero-order valence-electron chi connectivity index (χ0n) is 9.98. The zero-order chi connectivity index (χ0) is 12.6. The van der Waals surface area contributed by atoms with Crippen molar-refractivity contribution in [2.75, 3.05) is 0 Å². The highest BCUT2D eigenvalue weighted by molar-refractivity contribution is 5.34. The van der Waals surface area contributed by atoms with Crippen LogP contribution in [-0.4, -0.2) is 19.9 Å². The SMILES string of the molecule is Cc1nn(C)c(C)c1C(O)c1ccncc1F. The molecule has 0 radical (unpaired) electrons. The summed E-state index contributed by atoms with van der Waals surface area (Å²) < 4.78 is 15.2. The lowest BCUT2D eigenvalue weighted by Crippen LogP contribution is -2.05. The summed E-state index contributed by atoms with van der Waals surface area (Å²) in [5, 5.41) is 14.4. The second-order valence-electron chi connectivity index (χ2n) is 4.01. The lowest BCUT2D eigenvalue weighted by atomic mass is 10.0. The molecule has 0 aliphatic rings. The van der Waals surface area contributed by atoms with Gasteiger partial charge < -0.3 is 5.11 Å². The molecular weight excluding hydrogens is 221 g/mol. The number of aliphatic hydroxyl groups is 1. The van der Waals surface area contributed by atoms with Crippen LogP contribution in [0.1, 0.15) is 28.6 Å². The van der Waals surface area contributed by atoms with E-state index in [1.807, 2.05) is 6.92 Å². The first-order valence-electron chi connectivity index (χ1n) is 5.30. The molecule has 0 aromatic carbocycles. The van der Waals surface area contributed by atoms with Crippen molar-refractivity contribution in [3.05, 3.63) is 46.8 Å². The molecule has 2 aromatic rings. The van der Waals surface area contributed by atoms with Crippen LogP contribution in [0.25, 0.3) is 0 Å². The Balaban J connectivity index is 2.51. The van der Waals surface area contributed by atoms with Crippen molar-refractivity contribution < 1.29 is 9.50 Å². The fourth-order valence-corrected chi connectivity index (χ4v) is 1.95. The minimum atomic E-state index is -1.01. The van der Waals surface area contributed by atoms with Crippen molar-refractivity contribution in [3.63, 3.8) is 0 Å². The minimum absolute atomic E-state index is 0.221. The van der Waals surface area contributed by atoms with E-state index in [9.17, 15) is 9.50 Å². The van der Waals surface area contributed by atoms with E-state index in [0.717, 1.165) is 11.9 Å². The molecular formula is C12H14FN3O. The third-order valence-electron chi connectivity index (χ3n) is 2.94. The molecule has 2 aromatic heterocycles. The molecule has 2 rings (SSSR count). The van der Waals surface area contributed by atoms with E-state index in [0.29, 0.717) is 11.3 Å². The van der Waals surface area contributed by atoms with Gasteiger partial charge in [-0.2, -0.15) is 5.10 Å². The molecule has 0 aliphatic carbocycles. The lowest BCUT2D eigenvalue weighted by Gasteiger charge is -2.12. The van der Waals surface area contributed by atoms with Gasteiger partial charge in [-0.25, -0.2) is 4.39 Å². The fourth-order valence-electron chi connectivity index (χ4n) is 1.95. The number of pyridine rings is 1. The van der Waals surface area contributed by atoms with E-state index < -0.39 is 11.9 Å². The first kappa shape index (κ1) is 11.7. The highest BCUT2D eigenvalue weighted by atomic mass is 19.1. The predicted octanol–water partition coefficient (Wildman–Crippen LogP) is 1.65. The first-order chi connectivity index (χ1) is 8.02. The topological polar surface area (TPSA) is 50.9 Å². The molecule has 2 heterocycles. The normalized spacial score (nSPS) is 12.8. The summed E-state index contributed by atoms with van der Waals surface area (Å²) in [6, 6.07) is 1.48. The summed E-state index contributed by atoms with van der Waals surface area (Å²) in [7, 11) is 1.79. The number of aromatic nitrogens is 3. The molecule has 0 fully saturated rings. The van der Waals surface area contributed by atoms with E-state index in [2.05, 4.69) is 10.1 Å². The average Bonchev–Trinajstić information content (AvgIpc) is 2.53. The van der Waals surface area contributed by atoms with E-state index in [-0.39, 0.29) is 5.56 Å². The third-order valence-corrected chi connectivity index (χ3v) is 2.94. The third kappa shape index (κ3) is 1.93. The highest BCUT2D eigenvalue weighted by Gasteiger charge is 2.21. The van der Waals surface area contributed by atoms with Crippen molar-refractivity contribution >= 4 is 0 Å². The van der Waals surface area contributed by atoms with Gasteiger partial charge in [-0.3, -0.25) is 9.67 Å². The molecule has 0 amide bonds. The van der Waals surface area contributed by atoms with E-state index in [1.165, 1.54) is 12.3 Å². The van der Waals surface area contributed by atoms with Crippen LogP contribution < -0.4 is 0 Å². The van der Waals surface area contributed by atoms with Gasteiger partial charge in [0.1, 0.15) is 11.9 Å². The van der Waals surface area contributed by atoms with E-state index >= 15 is 0 Å². The van der Waals surface area contributed by atoms with Gasteiger partial charge in [0.25, 0.3) is 0 Å². The minimum Gasteiger partial charge on any atom is -0.383 e. The van der Waals surface area contributed by atoms with Gasteiger partial charge in [0, 0.05) is 30.1 Å². The van der Waals surface area contributed by atoms with Crippen molar-refractivity contribution in [2.45, 2.75) is 20.0 Å². The molecule has 17 heavy (non-hydrogen) atoms. The number of nitrogens with zero attached hydrogens (tertiary/aromatic N) is 3. The van der Waals surface area contributed by atoms with Crippen LogP contribution >= 0.6 is 0 Å². The molecule has 0 spiro atoms. The van der Waals surface area contributed by atoms with Crippen LogP contribution in [0.4, 0.5) is 4.39 Å². The summed E-state index contributed by atoms with van der Waals surface area (Å²) in [6.45, 7) is 3.64. The Morgan fingerprint density at radius 3 is 2.65 bits per heavy atom. The molecule has 0 saturated carbocycles. The second-order valence-corrected chi connectivity index (χ2v) is 4.01. The standard InChI is InChI=1S/C12H14FN3O/c1-7-11(8(2)16(3)15-7)12(17)9-4-5-14-6-10(9)13/h4-6,12,17H,1-3H3. The van der Waals surface area contributed by atoms with Crippen LogP contribution in [0.3, 0.4) is 0 Å². The Kier molecular flexibility index (Phi) is 2.93. The van der Waals surface area contributed by atoms with Gasteiger partial charge >= 0.3 is 0 Å².